The Morgan fingerprint density at radius 1 is 1.48 bits per heavy atom. The maximum atomic E-state index is 12.8. The van der Waals surface area contributed by atoms with Crippen LogP contribution in [0.5, 0.6) is 0 Å². The van der Waals surface area contributed by atoms with Gasteiger partial charge >= 0.3 is 5.97 Å². The molecule has 2 heterocycles. The van der Waals surface area contributed by atoms with E-state index in [4.69, 9.17) is 11.6 Å². The molecule has 0 saturated carbocycles. The number of aromatic nitrogens is 2. The molecule has 0 unspecified atom stereocenters. The summed E-state index contributed by atoms with van der Waals surface area (Å²) in [5.41, 5.74) is -0.535. The number of carboxylic acids is 1. The van der Waals surface area contributed by atoms with Crippen LogP contribution in [0, 0.1) is 12.3 Å². The molecule has 1 aromatic heterocycles. The second-order valence-electron chi connectivity index (χ2n) is 6.11. The highest BCUT2D eigenvalue weighted by atomic mass is 35.5. The molecular weight excluding hydrogens is 322 g/mol. The van der Waals surface area contributed by atoms with Gasteiger partial charge in [-0.05, 0) is 19.8 Å². The van der Waals surface area contributed by atoms with Gasteiger partial charge in [0.05, 0.1) is 16.8 Å². The van der Waals surface area contributed by atoms with Crippen LogP contribution in [0.15, 0.2) is 0 Å². The lowest BCUT2D eigenvalue weighted by molar-refractivity contribution is -0.162. The van der Waals surface area contributed by atoms with E-state index in [2.05, 4.69) is 5.10 Å². The van der Waals surface area contributed by atoms with E-state index in [1.807, 2.05) is 6.92 Å². The van der Waals surface area contributed by atoms with Gasteiger partial charge in [0.1, 0.15) is 11.1 Å². The minimum absolute atomic E-state index is 0.0310. The zero-order valence-electron chi connectivity index (χ0n) is 13.5. The van der Waals surface area contributed by atoms with Crippen molar-refractivity contribution in [3.05, 3.63) is 16.4 Å². The van der Waals surface area contributed by atoms with Crippen molar-refractivity contribution in [2.75, 3.05) is 13.1 Å². The van der Waals surface area contributed by atoms with Crippen LogP contribution >= 0.6 is 11.6 Å². The smallest absolute Gasteiger partial charge is 0.314 e. The van der Waals surface area contributed by atoms with E-state index in [1.165, 1.54) is 9.58 Å². The molecule has 0 aromatic carbocycles. The van der Waals surface area contributed by atoms with Crippen LogP contribution in [-0.2, 0) is 11.8 Å². The van der Waals surface area contributed by atoms with Crippen LogP contribution < -0.4 is 0 Å². The first-order valence-electron chi connectivity index (χ1n) is 7.64. The third-order valence-electron chi connectivity index (χ3n) is 4.54. The van der Waals surface area contributed by atoms with Gasteiger partial charge < -0.3 is 15.1 Å². The van der Waals surface area contributed by atoms with Gasteiger partial charge in [0, 0.05) is 20.1 Å². The van der Waals surface area contributed by atoms with Crippen LogP contribution in [0.2, 0.25) is 5.02 Å². The molecule has 0 aliphatic carbocycles. The first kappa shape index (κ1) is 17.7. The van der Waals surface area contributed by atoms with Gasteiger partial charge in [-0.2, -0.15) is 5.10 Å². The van der Waals surface area contributed by atoms with Crippen LogP contribution in [-0.4, -0.2) is 56.0 Å². The molecule has 1 aromatic rings. The zero-order valence-corrected chi connectivity index (χ0v) is 14.3. The molecule has 128 valence electrons. The monoisotopic (exact) mass is 343 g/mol. The van der Waals surface area contributed by atoms with Gasteiger partial charge in [-0.25, -0.2) is 0 Å². The molecule has 1 aliphatic rings. The van der Waals surface area contributed by atoms with Crippen molar-refractivity contribution in [2.45, 2.75) is 39.2 Å². The quantitative estimate of drug-likeness (QED) is 0.862. The number of nitrogens with zero attached hydrogens (tertiary/aromatic N) is 3. The Bertz CT molecular complexity index is 630. The number of hydrogen-bond acceptors (Lipinski definition) is 4. The largest absolute Gasteiger partial charge is 0.481 e. The van der Waals surface area contributed by atoms with Crippen molar-refractivity contribution in [2.24, 2.45) is 12.5 Å². The SMILES string of the molecule is CCC[C@@]1(C(=O)O)CN(C(=O)c2c(Cl)c(C)nn2C)CC[C@H]1O. The Labute approximate surface area is 139 Å². The Hall–Kier alpha value is -1.60. The zero-order chi connectivity index (χ0) is 17.4. The lowest BCUT2D eigenvalue weighted by Crippen LogP contribution is -2.57. The number of likely N-dealkylation sites (tertiary alicyclic amines) is 1. The average molecular weight is 344 g/mol. The standard InChI is InChI=1S/C15H22ClN3O4/c1-4-6-15(14(22)23)8-19(7-5-10(15)20)13(21)12-11(16)9(2)17-18(12)3/h10,20H,4-8H2,1-3H3,(H,22,23)/t10-,15-/m1/s1. The van der Waals surface area contributed by atoms with E-state index < -0.39 is 17.5 Å². The van der Waals surface area contributed by atoms with Crippen molar-refractivity contribution >= 4 is 23.5 Å². The molecule has 0 radical (unpaired) electrons. The third kappa shape index (κ3) is 2.95. The molecule has 23 heavy (non-hydrogen) atoms. The van der Waals surface area contributed by atoms with Gasteiger partial charge in [-0.15, -0.1) is 0 Å². The Balaban J connectivity index is 2.34. The van der Waals surface area contributed by atoms with E-state index in [-0.39, 0.29) is 29.6 Å². The fourth-order valence-electron chi connectivity index (χ4n) is 3.28. The van der Waals surface area contributed by atoms with E-state index >= 15 is 0 Å². The summed E-state index contributed by atoms with van der Waals surface area (Å²) in [6.45, 7) is 3.83. The first-order valence-corrected chi connectivity index (χ1v) is 8.02. The maximum Gasteiger partial charge on any atom is 0.314 e. The Morgan fingerprint density at radius 2 is 2.13 bits per heavy atom. The number of halogens is 1. The summed E-state index contributed by atoms with van der Waals surface area (Å²) in [5.74, 6) is -1.43. The molecule has 1 saturated heterocycles. The molecule has 2 atom stereocenters. The second-order valence-corrected chi connectivity index (χ2v) is 6.49. The molecule has 2 rings (SSSR count). The molecule has 1 aliphatic heterocycles. The van der Waals surface area contributed by atoms with E-state index in [0.29, 0.717) is 25.1 Å². The van der Waals surface area contributed by atoms with Gasteiger partial charge in [-0.1, -0.05) is 24.9 Å². The van der Waals surface area contributed by atoms with Crippen LogP contribution in [0.3, 0.4) is 0 Å². The van der Waals surface area contributed by atoms with E-state index in [1.54, 1.807) is 14.0 Å². The first-order chi connectivity index (χ1) is 10.7. The van der Waals surface area contributed by atoms with Crippen molar-refractivity contribution < 1.29 is 19.8 Å². The molecule has 0 spiro atoms. The molecule has 7 nitrogen and oxygen atoms in total. The summed E-state index contributed by atoms with van der Waals surface area (Å²) in [4.78, 5) is 26.0. The number of piperidine rings is 1. The van der Waals surface area contributed by atoms with E-state index in [9.17, 15) is 19.8 Å². The van der Waals surface area contributed by atoms with Crippen LogP contribution in [0.25, 0.3) is 0 Å². The van der Waals surface area contributed by atoms with Gasteiger partial charge in [0.15, 0.2) is 0 Å². The summed E-state index contributed by atoms with van der Waals surface area (Å²) in [7, 11) is 1.63. The highest BCUT2D eigenvalue weighted by Crippen LogP contribution is 2.36. The fraction of sp³-hybridized carbons (Fsp3) is 0.667. The molecule has 0 bridgehead atoms. The van der Waals surface area contributed by atoms with Crippen LogP contribution in [0.1, 0.15) is 42.4 Å². The number of aryl methyl sites for hydroxylation is 2. The summed E-state index contributed by atoms with van der Waals surface area (Å²) in [6.07, 6.45) is 0.183. The van der Waals surface area contributed by atoms with Crippen molar-refractivity contribution in [1.82, 2.24) is 14.7 Å². The molecule has 1 amide bonds. The van der Waals surface area contributed by atoms with Gasteiger partial charge in [0.25, 0.3) is 5.91 Å². The minimum atomic E-state index is -1.33. The lowest BCUT2D eigenvalue weighted by Gasteiger charge is -2.43. The number of carbonyl (C=O) groups excluding carboxylic acids is 1. The van der Waals surface area contributed by atoms with Crippen molar-refractivity contribution in [3.8, 4) is 0 Å². The normalized spacial score (nSPS) is 24.7. The molecule has 8 heteroatoms. The third-order valence-corrected chi connectivity index (χ3v) is 5.00. The topological polar surface area (TPSA) is 95.7 Å². The van der Waals surface area contributed by atoms with Gasteiger partial charge in [-0.3, -0.25) is 14.3 Å². The molecular formula is C15H22ClN3O4. The maximum absolute atomic E-state index is 12.8. The highest BCUT2D eigenvalue weighted by molar-refractivity contribution is 6.34. The van der Waals surface area contributed by atoms with Gasteiger partial charge in [0.2, 0.25) is 0 Å². The number of aliphatic hydroxyl groups excluding tert-OH is 1. The lowest BCUT2D eigenvalue weighted by atomic mass is 9.74. The molecule has 2 N–H and O–H groups in total. The number of hydrogen-bond donors (Lipinski definition) is 2. The predicted octanol–water partition coefficient (Wildman–Crippen LogP) is 1.46. The number of aliphatic hydroxyl groups is 1. The number of aliphatic carboxylic acids is 1. The summed E-state index contributed by atoms with van der Waals surface area (Å²) in [6, 6.07) is 0. The molecule has 1 fully saturated rings. The summed E-state index contributed by atoms with van der Waals surface area (Å²) in [5, 5.41) is 24.3. The highest BCUT2D eigenvalue weighted by Gasteiger charge is 2.49. The summed E-state index contributed by atoms with van der Waals surface area (Å²) < 4.78 is 1.41. The number of carboxylic acid groups (broad SMARTS) is 1. The minimum Gasteiger partial charge on any atom is -0.481 e. The fourth-order valence-corrected chi connectivity index (χ4v) is 3.52. The second kappa shape index (κ2) is 6.49. The van der Waals surface area contributed by atoms with Crippen molar-refractivity contribution in [3.63, 3.8) is 0 Å². The average Bonchev–Trinajstić information content (AvgIpc) is 2.73. The number of carbonyl (C=O) groups is 2. The Kier molecular flexibility index (Phi) is 5.01. The summed E-state index contributed by atoms with van der Waals surface area (Å²) >= 11 is 6.16. The predicted molar refractivity (Wildman–Crippen MR) is 84.5 cm³/mol. The number of rotatable bonds is 4. The Morgan fingerprint density at radius 3 is 2.61 bits per heavy atom. The number of amides is 1. The van der Waals surface area contributed by atoms with E-state index in [0.717, 1.165) is 0 Å². The van der Waals surface area contributed by atoms with Crippen LogP contribution in [0.4, 0.5) is 0 Å². The van der Waals surface area contributed by atoms with Crippen molar-refractivity contribution in [1.29, 1.82) is 0 Å².